The number of morpholine rings is 1. The third kappa shape index (κ3) is 4.47. The zero-order chi connectivity index (χ0) is 21.1. The molecule has 1 aromatic carbocycles. The Morgan fingerprint density at radius 2 is 1.93 bits per heavy atom. The van der Waals surface area contributed by atoms with Crippen LogP contribution in [0.4, 0.5) is 0 Å². The summed E-state index contributed by atoms with van der Waals surface area (Å²) in [6, 6.07) is 7.47. The van der Waals surface area contributed by atoms with E-state index in [1.54, 1.807) is 31.4 Å². The van der Waals surface area contributed by atoms with Crippen molar-refractivity contribution in [3.63, 3.8) is 0 Å². The fourth-order valence-corrected chi connectivity index (χ4v) is 5.36. The Kier molecular flexibility index (Phi) is 6.58. The van der Waals surface area contributed by atoms with Crippen LogP contribution in [0.1, 0.15) is 30.1 Å². The predicted octanol–water partition coefficient (Wildman–Crippen LogP) is 1.63. The van der Waals surface area contributed by atoms with Crippen LogP contribution in [0, 0.1) is 17.8 Å². The number of methoxy groups -OCH3 is 1. The molecule has 0 bridgehead atoms. The Morgan fingerprint density at radius 3 is 2.63 bits per heavy atom. The minimum Gasteiger partial charge on any atom is -0.497 e. The minimum atomic E-state index is -0.0678. The van der Waals surface area contributed by atoms with Crippen molar-refractivity contribution in [1.82, 2.24) is 15.1 Å². The molecule has 1 saturated carbocycles. The molecule has 1 N–H and O–H groups in total. The summed E-state index contributed by atoms with van der Waals surface area (Å²) in [6.45, 7) is 8.08. The van der Waals surface area contributed by atoms with Crippen LogP contribution >= 0.6 is 0 Å². The van der Waals surface area contributed by atoms with Gasteiger partial charge in [0.25, 0.3) is 5.91 Å². The molecule has 4 rings (SSSR count). The van der Waals surface area contributed by atoms with E-state index < -0.39 is 0 Å². The van der Waals surface area contributed by atoms with Crippen molar-refractivity contribution in [2.45, 2.75) is 25.8 Å². The molecule has 2 saturated heterocycles. The normalized spacial score (nSPS) is 29.1. The maximum atomic E-state index is 12.7. The van der Waals surface area contributed by atoms with Crippen molar-refractivity contribution >= 4 is 11.8 Å². The molecular weight excluding hydrogens is 382 g/mol. The number of carbonyl (C=O) groups excluding carboxylic acids is 2. The average molecular weight is 416 g/mol. The van der Waals surface area contributed by atoms with E-state index in [0.717, 1.165) is 51.6 Å². The lowest BCUT2D eigenvalue weighted by Crippen LogP contribution is -2.44. The highest BCUT2D eigenvalue weighted by atomic mass is 16.5. The Balaban J connectivity index is 1.31. The number of nitrogens with zero attached hydrogens (tertiary/aromatic N) is 2. The third-order valence-corrected chi connectivity index (χ3v) is 7.13. The van der Waals surface area contributed by atoms with Crippen LogP contribution in [0.3, 0.4) is 0 Å². The summed E-state index contributed by atoms with van der Waals surface area (Å²) < 4.78 is 10.6. The van der Waals surface area contributed by atoms with Crippen LogP contribution in [0.2, 0.25) is 0 Å². The number of fused-ring (bicyclic) bond motifs is 1. The highest BCUT2D eigenvalue weighted by Crippen LogP contribution is 2.45. The van der Waals surface area contributed by atoms with Gasteiger partial charge < -0.3 is 19.7 Å². The molecule has 164 valence electrons. The number of amides is 2. The second-order valence-electron chi connectivity index (χ2n) is 8.79. The Labute approximate surface area is 178 Å². The van der Waals surface area contributed by atoms with Gasteiger partial charge in [-0.2, -0.15) is 0 Å². The van der Waals surface area contributed by atoms with E-state index in [1.807, 2.05) is 0 Å². The standard InChI is InChI=1S/C23H33N3O4/c1-16-13-21-19(14-22(27)26(21)8-7-25-9-11-30-12-10-25)20(16)15-24-23(28)17-3-5-18(29-2)6-4-17/h3-6,16,19-21H,7-15H2,1-2H3,(H,24,28)/t16-,19-,20+,21+/m0/s1. The summed E-state index contributed by atoms with van der Waals surface area (Å²) in [7, 11) is 1.61. The van der Waals surface area contributed by atoms with E-state index in [9.17, 15) is 9.59 Å². The number of rotatable bonds is 7. The molecule has 1 aromatic rings. The number of hydrogen-bond acceptors (Lipinski definition) is 5. The molecule has 3 aliphatic rings. The van der Waals surface area contributed by atoms with Crippen LogP contribution in [-0.4, -0.2) is 80.7 Å². The first-order valence-electron chi connectivity index (χ1n) is 11.1. The van der Waals surface area contributed by atoms with Crippen molar-refractivity contribution in [2.24, 2.45) is 17.8 Å². The second-order valence-corrected chi connectivity index (χ2v) is 8.79. The van der Waals surface area contributed by atoms with Gasteiger partial charge in [0.05, 0.1) is 20.3 Å². The first-order chi connectivity index (χ1) is 14.6. The molecule has 30 heavy (non-hydrogen) atoms. The highest BCUT2D eigenvalue weighted by Gasteiger charge is 2.50. The number of likely N-dealkylation sites (tertiary alicyclic amines) is 1. The molecular formula is C23H33N3O4. The molecule has 4 atom stereocenters. The zero-order valence-corrected chi connectivity index (χ0v) is 18.0. The first-order valence-corrected chi connectivity index (χ1v) is 11.1. The number of ether oxygens (including phenoxy) is 2. The van der Waals surface area contributed by atoms with Crippen LogP contribution in [0.25, 0.3) is 0 Å². The van der Waals surface area contributed by atoms with Crippen molar-refractivity contribution < 1.29 is 19.1 Å². The summed E-state index contributed by atoms with van der Waals surface area (Å²) in [5.41, 5.74) is 0.632. The van der Waals surface area contributed by atoms with Crippen molar-refractivity contribution in [1.29, 1.82) is 0 Å². The number of carbonyl (C=O) groups is 2. The summed E-state index contributed by atoms with van der Waals surface area (Å²) >= 11 is 0. The van der Waals surface area contributed by atoms with Gasteiger partial charge in [-0.15, -0.1) is 0 Å². The van der Waals surface area contributed by atoms with Crippen LogP contribution in [0.15, 0.2) is 24.3 Å². The quantitative estimate of drug-likeness (QED) is 0.733. The molecule has 2 aliphatic heterocycles. The number of nitrogens with one attached hydrogen (secondary N) is 1. The van der Waals surface area contributed by atoms with Crippen molar-refractivity contribution in [2.75, 3.05) is 53.0 Å². The van der Waals surface area contributed by atoms with Gasteiger partial charge in [0.2, 0.25) is 5.91 Å². The second kappa shape index (κ2) is 9.35. The van der Waals surface area contributed by atoms with Gasteiger partial charge in [0, 0.05) is 50.7 Å². The molecule has 7 nitrogen and oxygen atoms in total. The van der Waals surface area contributed by atoms with Crippen LogP contribution in [-0.2, 0) is 9.53 Å². The third-order valence-electron chi connectivity index (χ3n) is 7.13. The van der Waals surface area contributed by atoms with Crippen molar-refractivity contribution in [3.8, 4) is 5.75 Å². The topological polar surface area (TPSA) is 71.1 Å². The predicted molar refractivity (Wildman–Crippen MR) is 113 cm³/mol. The first kappa shape index (κ1) is 21.1. The molecule has 3 fully saturated rings. The van der Waals surface area contributed by atoms with Gasteiger partial charge in [-0.25, -0.2) is 0 Å². The van der Waals surface area contributed by atoms with E-state index in [-0.39, 0.29) is 11.8 Å². The van der Waals surface area contributed by atoms with E-state index in [4.69, 9.17) is 9.47 Å². The summed E-state index contributed by atoms with van der Waals surface area (Å²) in [4.78, 5) is 29.8. The molecule has 0 aromatic heterocycles. The Morgan fingerprint density at radius 1 is 1.20 bits per heavy atom. The van der Waals surface area contributed by atoms with E-state index >= 15 is 0 Å². The Hall–Kier alpha value is -2.12. The monoisotopic (exact) mass is 415 g/mol. The maximum Gasteiger partial charge on any atom is 0.251 e. The van der Waals surface area contributed by atoms with E-state index in [1.165, 1.54) is 0 Å². The largest absolute Gasteiger partial charge is 0.497 e. The van der Waals surface area contributed by atoms with Gasteiger partial charge >= 0.3 is 0 Å². The van der Waals surface area contributed by atoms with Crippen LogP contribution in [0.5, 0.6) is 5.75 Å². The highest BCUT2D eigenvalue weighted by molar-refractivity contribution is 5.94. The SMILES string of the molecule is COc1ccc(C(=O)NC[C@H]2[C@@H]3CC(=O)N(CCN4CCOCC4)[C@@H]3C[C@@H]2C)cc1. The van der Waals surface area contributed by atoms with Gasteiger partial charge in [0.1, 0.15) is 5.75 Å². The average Bonchev–Trinajstić information content (AvgIpc) is 3.24. The molecule has 1 aliphatic carbocycles. The fraction of sp³-hybridized carbons (Fsp3) is 0.652. The molecule has 2 heterocycles. The lowest BCUT2D eigenvalue weighted by atomic mass is 9.88. The van der Waals surface area contributed by atoms with Gasteiger partial charge in [-0.3, -0.25) is 14.5 Å². The maximum absolute atomic E-state index is 12.7. The molecule has 0 spiro atoms. The zero-order valence-electron chi connectivity index (χ0n) is 18.0. The van der Waals surface area contributed by atoms with Crippen LogP contribution < -0.4 is 10.1 Å². The minimum absolute atomic E-state index is 0.0678. The summed E-state index contributed by atoms with van der Waals surface area (Å²) in [5, 5.41) is 3.10. The molecule has 2 amide bonds. The lowest BCUT2D eigenvalue weighted by Gasteiger charge is -2.31. The fourth-order valence-electron chi connectivity index (χ4n) is 5.36. The molecule has 0 unspecified atom stereocenters. The molecule has 0 radical (unpaired) electrons. The van der Waals surface area contributed by atoms with Gasteiger partial charge in [-0.05, 0) is 48.4 Å². The number of hydrogen-bond donors (Lipinski definition) is 1. The Bertz CT molecular complexity index is 747. The molecule has 7 heteroatoms. The van der Waals surface area contributed by atoms with E-state index in [0.29, 0.717) is 42.3 Å². The number of benzene rings is 1. The van der Waals surface area contributed by atoms with Gasteiger partial charge in [0.15, 0.2) is 0 Å². The van der Waals surface area contributed by atoms with Gasteiger partial charge in [-0.1, -0.05) is 6.92 Å². The smallest absolute Gasteiger partial charge is 0.251 e. The lowest BCUT2D eigenvalue weighted by molar-refractivity contribution is -0.129. The summed E-state index contributed by atoms with van der Waals surface area (Å²) in [5.74, 6) is 2.12. The van der Waals surface area contributed by atoms with Crippen molar-refractivity contribution in [3.05, 3.63) is 29.8 Å². The van der Waals surface area contributed by atoms with E-state index in [2.05, 4.69) is 22.0 Å². The summed E-state index contributed by atoms with van der Waals surface area (Å²) in [6.07, 6.45) is 1.64.